The van der Waals surface area contributed by atoms with Gasteiger partial charge in [0.1, 0.15) is 5.82 Å². The molecule has 1 heterocycles. The van der Waals surface area contributed by atoms with E-state index in [4.69, 9.17) is 4.74 Å². The van der Waals surface area contributed by atoms with Gasteiger partial charge in [-0.2, -0.15) is 0 Å². The van der Waals surface area contributed by atoms with E-state index in [-0.39, 0.29) is 6.03 Å². The quantitative estimate of drug-likeness (QED) is 0.798. The number of aromatic nitrogens is 1. The Morgan fingerprint density at radius 3 is 2.67 bits per heavy atom. The first-order valence-electron chi connectivity index (χ1n) is 5.77. The van der Waals surface area contributed by atoms with Gasteiger partial charge in [-0.15, -0.1) is 0 Å². The zero-order valence-electron chi connectivity index (χ0n) is 10.7. The van der Waals surface area contributed by atoms with Crippen LogP contribution in [0.3, 0.4) is 0 Å². The Bertz CT molecular complexity index is 446. The topological polar surface area (TPSA) is 80.3 Å². The largest absolute Gasteiger partial charge is 0.462 e. The molecule has 0 saturated carbocycles. The zero-order valence-corrected chi connectivity index (χ0v) is 10.7. The summed E-state index contributed by atoms with van der Waals surface area (Å²) in [6, 6.07) is 1.30. The molecular formula is C12H17N3O3. The highest BCUT2D eigenvalue weighted by atomic mass is 16.5. The summed E-state index contributed by atoms with van der Waals surface area (Å²) >= 11 is 0. The lowest BCUT2D eigenvalue weighted by Crippen LogP contribution is -2.28. The minimum atomic E-state index is -0.410. The van der Waals surface area contributed by atoms with Crippen molar-refractivity contribution in [1.82, 2.24) is 10.3 Å². The number of rotatable bonds is 4. The first kappa shape index (κ1) is 14.0. The monoisotopic (exact) mass is 251 g/mol. The third-order valence-corrected chi connectivity index (χ3v) is 2.19. The Hall–Kier alpha value is -2.11. The van der Waals surface area contributed by atoms with Gasteiger partial charge in [0.25, 0.3) is 0 Å². The molecule has 1 aromatic rings. The van der Waals surface area contributed by atoms with E-state index in [9.17, 15) is 9.59 Å². The Balaban J connectivity index is 2.79. The van der Waals surface area contributed by atoms with Gasteiger partial charge in [0.15, 0.2) is 0 Å². The first-order valence-corrected chi connectivity index (χ1v) is 5.77. The lowest BCUT2D eigenvalue weighted by atomic mass is 10.1. The Morgan fingerprint density at radius 2 is 2.11 bits per heavy atom. The summed E-state index contributed by atoms with van der Waals surface area (Å²) in [5, 5.41) is 5.16. The summed E-state index contributed by atoms with van der Waals surface area (Å²) < 4.78 is 4.89. The summed E-state index contributed by atoms with van der Waals surface area (Å²) in [5.41, 5.74) is 1.11. The maximum absolute atomic E-state index is 11.5. The van der Waals surface area contributed by atoms with Crippen LogP contribution in [0.15, 0.2) is 12.3 Å². The molecule has 0 saturated heterocycles. The highest BCUT2D eigenvalue weighted by molar-refractivity contribution is 5.92. The maximum atomic E-state index is 11.5. The standard InChI is InChI=1S/C12H17N3O3/c1-4-13-12(17)15-10-6-8(3)9(7-14-10)11(16)18-5-2/h6-7H,4-5H2,1-3H3,(H2,13,14,15,17). The van der Waals surface area contributed by atoms with Gasteiger partial charge in [-0.05, 0) is 32.4 Å². The van der Waals surface area contributed by atoms with Crippen molar-refractivity contribution < 1.29 is 14.3 Å². The van der Waals surface area contributed by atoms with E-state index in [0.717, 1.165) is 0 Å². The van der Waals surface area contributed by atoms with E-state index >= 15 is 0 Å². The minimum Gasteiger partial charge on any atom is -0.462 e. The van der Waals surface area contributed by atoms with Crippen LogP contribution in [-0.4, -0.2) is 30.1 Å². The van der Waals surface area contributed by atoms with Crippen molar-refractivity contribution in [2.45, 2.75) is 20.8 Å². The molecule has 0 aliphatic heterocycles. The van der Waals surface area contributed by atoms with Crippen LogP contribution in [0.4, 0.5) is 10.6 Å². The van der Waals surface area contributed by atoms with Crippen molar-refractivity contribution in [2.24, 2.45) is 0 Å². The SMILES string of the molecule is CCNC(=O)Nc1cc(C)c(C(=O)OCC)cn1. The molecule has 98 valence electrons. The molecule has 1 rings (SSSR count). The zero-order chi connectivity index (χ0) is 13.5. The number of pyridine rings is 1. The fraction of sp³-hybridized carbons (Fsp3) is 0.417. The van der Waals surface area contributed by atoms with Gasteiger partial charge in [0.05, 0.1) is 12.2 Å². The average molecular weight is 251 g/mol. The molecule has 0 atom stereocenters. The summed E-state index contributed by atoms with van der Waals surface area (Å²) in [5.74, 6) is -0.0152. The Morgan fingerprint density at radius 1 is 1.39 bits per heavy atom. The number of hydrogen-bond acceptors (Lipinski definition) is 4. The number of amides is 2. The van der Waals surface area contributed by atoms with Crippen molar-refractivity contribution in [1.29, 1.82) is 0 Å². The second-order valence-electron chi connectivity index (χ2n) is 3.59. The Kier molecular flexibility index (Phi) is 5.10. The number of nitrogens with zero attached hydrogens (tertiary/aromatic N) is 1. The average Bonchev–Trinajstić information content (AvgIpc) is 2.29. The second-order valence-corrected chi connectivity index (χ2v) is 3.59. The number of urea groups is 1. The normalized spacial score (nSPS) is 9.72. The number of hydrogen-bond donors (Lipinski definition) is 2. The van der Waals surface area contributed by atoms with E-state index in [1.54, 1.807) is 19.9 Å². The van der Waals surface area contributed by atoms with Crippen LogP contribution in [0.5, 0.6) is 0 Å². The van der Waals surface area contributed by atoms with E-state index in [1.165, 1.54) is 6.20 Å². The first-order chi connectivity index (χ1) is 8.58. The molecule has 0 radical (unpaired) electrons. The molecule has 0 aromatic carbocycles. The molecule has 2 amide bonds. The van der Waals surface area contributed by atoms with Crippen LogP contribution in [0, 0.1) is 6.92 Å². The second kappa shape index (κ2) is 6.58. The summed E-state index contributed by atoms with van der Waals surface area (Å²) in [4.78, 5) is 26.8. The van der Waals surface area contributed by atoms with Gasteiger partial charge < -0.3 is 10.1 Å². The number of esters is 1. The van der Waals surface area contributed by atoms with Gasteiger partial charge in [0, 0.05) is 12.7 Å². The van der Waals surface area contributed by atoms with Crippen LogP contribution in [0.1, 0.15) is 29.8 Å². The van der Waals surface area contributed by atoms with Gasteiger partial charge in [-0.1, -0.05) is 0 Å². The molecule has 6 heteroatoms. The number of carbonyl (C=O) groups is 2. The molecule has 0 spiro atoms. The van der Waals surface area contributed by atoms with Crippen LogP contribution >= 0.6 is 0 Å². The van der Waals surface area contributed by atoms with E-state index in [1.807, 2.05) is 6.92 Å². The van der Waals surface area contributed by atoms with E-state index < -0.39 is 5.97 Å². The molecule has 0 bridgehead atoms. The number of anilines is 1. The highest BCUT2D eigenvalue weighted by Gasteiger charge is 2.11. The maximum Gasteiger partial charge on any atom is 0.339 e. The number of carbonyl (C=O) groups excluding carboxylic acids is 2. The van der Waals surface area contributed by atoms with Crippen LogP contribution in [0.25, 0.3) is 0 Å². The summed E-state index contributed by atoms with van der Waals surface area (Å²) in [7, 11) is 0. The Labute approximate surface area is 106 Å². The van der Waals surface area contributed by atoms with Crippen molar-refractivity contribution in [3.8, 4) is 0 Å². The molecule has 6 nitrogen and oxygen atoms in total. The van der Waals surface area contributed by atoms with Gasteiger partial charge in [-0.25, -0.2) is 14.6 Å². The summed E-state index contributed by atoms with van der Waals surface area (Å²) in [6.45, 7) is 6.17. The fourth-order valence-corrected chi connectivity index (χ4v) is 1.37. The van der Waals surface area contributed by atoms with Crippen molar-refractivity contribution in [3.05, 3.63) is 23.4 Å². The van der Waals surface area contributed by atoms with Crippen molar-refractivity contribution in [3.63, 3.8) is 0 Å². The van der Waals surface area contributed by atoms with E-state index in [2.05, 4.69) is 15.6 Å². The van der Waals surface area contributed by atoms with Crippen LogP contribution < -0.4 is 10.6 Å². The molecule has 0 aliphatic rings. The van der Waals surface area contributed by atoms with Crippen molar-refractivity contribution >= 4 is 17.8 Å². The van der Waals surface area contributed by atoms with E-state index in [0.29, 0.717) is 30.1 Å². The lowest BCUT2D eigenvalue weighted by Gasteiger charge is -2.08. The minimum absolute atomic E-state index is 0.317. The lowest BCUT2D eigenvalue weighted by molar-refractivity contribution is 0.0525. The van der Waals surface area contributed by atoms with Gasteiger partial charge in [-0.3, -0.25) is 5.32 Å². The predicted molar refractivity (Wildman–Crippen MR) is 67.6 cm³/mol. The third-order valence-electron chi connectivity index (χ3n) is 2.19. The van der Waals surface area contributed by atoms with Crippen molar-refractivity contribution in [2.75, 3.05) is 18.5 Å². The molecular weight excluding hydrogens is 234 g/mol. The highest BCUT2D eigenvalue weighted by Crippen LogP contribution is 2.12. The molecule has 2 N–H and O–H groups in total. The molecule has 1 aromatic heterocycles. The van der Waals surface area contributed by atoms with Crippen LogP contribution in [-0.2, 0) is 4.74 Å². The molecule has 0 unspecified atom stereocenters. The number of aryl methyl sites for hydroxylation is 1. The fourth-order valence-electron chi connectivity index (χ4n) is 1.37. The molecule has 18 heavy (non-hydrogen) atoms. The smallest absolute Gasteiger partial charge is 0.339 e. The third kappa shape index (κ3) is 3.73. The molecule has 0 aliphatic carbocycles. The summed E-state index contributed by atoms with van der Waals surface area (Å²) in [6.07, 6.45) is 1.40. The number of nitrogens with one attached hydrogen (secondary N) is 2. The molecule has 0 fully saturated rings. The van der Waals surface area contributed by atoms with Gasteiger partial charge in [0.2, 0.25) is 0 Å². The number of ether oxygens (including phenoxy) is 1. The van der Waals surface area contributed by atoms with Crippen LogP contribution in [0.2, 0.25) is 0 Å². The van der Waals surface area contributed by atoms with Gasteiger partial charge >= 0.3 is 12.0 Å². The predicted octanol–water partition coefficient (Wildman–Crippen LogP) is 1.71.